The quantitative estimate of drug-likeness (QED) is 0.0826. The fourth-order valence-corrected chi connectivity index (χ4v) is 6.79. The van der Waals surface area contributed by atoms with Crippen molar-refractivity contribution in [3.05, 3.63) is 143 Å². The summed E-state index contributed by atoms with van der Waals surface area (Å²) in [7, 11) is 0. The van der Waals surface area contributed by atoms with Crippen LogP contribution in [0.2, 0.25) is 0 Å². The molecule has 0 amide bonds. The fraction of sp³-hybridized carbons (Fsp3) is 0.0500. The van der Waals surface area contributed by atoms with Crippen LogP contribution in [-0.2, 0) is 12.7 Å². The van der Waals surface area contributed by atoms with Crippen LogP contribution in [0.1, 0.15) is 48.5 Å². The molecule has 42 heavy (non-hydrogen) atoms. The molecule has 0 N–H and O–H groups in total. The van der Waals surface area contributed by atoms with E-state index in [1.165, 1.54) is 0 Å². The van der Waals surface area contributed by atoms with Crippen molar-refractivity contribution in [2.24, 2.45) is 0 Å². The van der Waals surface area contributed by atoms with E-state index in [9.17, 15) is 9.59 Å². The largest absolute Gasteiger partial charge is 0.294 e. The van der Waals surface area contributed by atoms with E-state index >= 15 is 0 Å². The molecule has 2 nitrogen and oxygen atoms in total. The van der Waals surface area contributed by atoms with Gasteiger partial charge >= 0.3 is 0 Å². The summed E-state index contributed by atoms with van der Waals surface area (Å²) in [4.78, 5) is 25.2. The van der Waals surface area contributed by atoms with Crippen molar-refractivity contribution in [1.82, 2.24) is 0 Å². The molecule has 0 bridgehead atoms. The van der Waals surface area contributed by atoms with Gasteiger partial charge in [-0.2, -0.15) is 0 Å². The van der Waals surface area contributed by atoms with Gasteiger partial charge in [0.1, 0.15) is 12.2 Å². The standard InChI is InChI=1S/C20H11O.C20H12O/c21-19-11-17-15-8-4-1-5-12(15)9-16-14-7-3-2-6-13(14)10-18(19)20(16)17;21-19-11-18-15-9-8-12-4-1-2-6-14(12)17(15)10-13-5-3-7-16(19)20(13)18/h1-3,5-10H,11H2;1-10H,11H2/q+1;/i2*11+1D2,19+1. The Morgan fingerprint density at radius 3 is 2.19 bits per heavy atom. The van der Waals surface area contributed by atoms with Crippen LogP contribution >= 0.6 is 0 Å². The van der Waals surface area contributed by atoms with E-state index in [4.69, 9.17) is 5.48 Å². The van der Waals surface area contributed by atoms with Crippen LogP contribution in [0.15, 0.2) is 103 Å². The SMILES string of the molecule is [2H][13C]1([2H])c2c3c(cc4c2c(cc2ccccc24)[13C]1=O)C=C[C+]=C3.[2H][13C]1([2H])c2c3ccc4ccccc4c3cc3cccc(c23)[13C]1=O. The maximum absolute atomic E-state index is 12.7. The van der Waals surface area contributed by atoms with Gasteiger partial charge in [0.2, 0.25) is 0 Å². The van der Waals surface area contributed by atoms with Crippen molar-refractivity contribution < 1.29 is 15.1 Å². The van der Waals surface area contributed by atoms with Crippen molar-refractivity contribution in [3.8, 4) is 0 Å². The molecule has 2 heteroatoms. The van der Waals surface area contributed by atoms with Crippen molar-refractivity contribution in [2.45, 2.75) is 12.7 Å². The van der Waals surface area contributed by atoms with Crippen LogP contribution in [-0.4, -0.2) is 11.6 Å². The lowest BCUT2D eigenvalue weighted by Crippen LogP contribution is -1.96. The molecule has 0 fully saturated rings. The summed E-state index contributed by atoms with van der Waals surface area (Å²) in [6.07, 6.45) is 4.57. The van der Waals surface area contributed by atoms with Crippen molar-refractivity contribution in [2.75, 3.05) is 0 Å². The summed E-state index contributed by atoms with van der Waals surface area (Å²) in [6, 6.07) is 31.4. The third-order valence-corrected chi connectivity index (χ3v) is 8.66. The number of fused-ring (bicyclic) bond motifs is 8. The van der Waals surface area contributed by atoms with E-state index in [0.717, 1.165) is 65.0 Å². The number of carbonyl (C=O) groups is 2. The van der Waals surface area contributed by atoms with Crippen molar-refractivity contribution >= 4 is 77.6 Å². The van der Waals surface area contributed by atoms with Gasteiger partial charge in [-0.15, -0.1) is 0 Å². The lowest BCUT2D eigenvalue weighted by Gasteiger charge is -2.09. The number of allylic oxidation sites excluding steroid dienone is 2. The Labute approximate surface area is 247 Å². The lowest BCUT2D eigenvalue weighted by molar-refractivity contribution is 0.0991. The van der Waals surface area contributed by atoms with Gasteiger partial charge in [-0.3, -0.25) is 9.59 Å². The van der Waals surface area contributed by atoms with Crippen LogP contribution in [0.5, 0.6) is 0 Å². The molecule has 194 valence electrons. The average Bonchev–Trinajstić information content (AvgIpc) is 3.41. The van der Waals surface area contributed by atoms with Crippen LogP contribution in [0.25, 0.3) is 66.0 Å². The van der Waals surface area contributed by atoms with Gasteiger partial charge in [-0.25, -0.2) is 0 Å². The second-order valence-electron chi connectivity index (χ2n) is 10.9. The number of carbonyl (C=O) groups excluding carboxylic acids is 2. The highest BCUT2D eigenvalue weighted by Crippen LogP contribution is 2.41. The first-order chi connectivity index (χ1) is 22.2. The normalized spacial score (nSPS) is 18.0. The topological polar surface area (TPSA) is 34.1 Å². The minimum Gasteiger partial charge on any atom is -0.294 e. The molecular formula is C40H23O2+. The molecule has 0 saturated carbocycles. The highest BCUT2D eigenvalue weighted by molar-refractivity contribution is 6.25. The predicted octanol–water partition coefficient (Wildman–Crippen LogP) is 9.46. The molecule has 0 aromatic heterocycles. The number of rotatable bonds is 0. The second-order valence-corrected chi connectivity index (χ2v) is 10.9. The Hall–Kier alpha value is -5.43. The van der Waals surface area contributed by atoms with E-state index in [1.807, 2.05) is 84.9 Å². The zero-order chi connectivity index (χ0) is 31.5. The maximum atomic E-state index is 12.7. The van der Waals surface area contributed by atoms with Crippen LogP contribution in [0, 0.1) is 6.08 Å². The van der Waals surface area contributed by atoms with Gasteiger partial charge in [0.25, 0.3) is 0 Å². The summed E-state index contributed by atoms with van der Waals surface area (Å²) in [6.45, 7) is 0. The molecule has 7 aromatic carbocycles. The van der Waals surface area contributed by atoms with E-state index in [2.05, 4.69) is 24.3 Å². The fourth-order valence-electron chi connectivity index (χ4n) is 6.79. The first-order valence-electron chi connectivity index (χ1n) is 15.9. The number of hydrogen-bond acceptors (Lipinski definition) is 2. The first-order valence-corrected chi connectivity index (χ1v) is 13.9. The number of hydrogen-bond donors (Lipinski definition) is 0. The third-order valence-electron chi connectivity index (χ3n) is 8.66. The molecule has 7 aromatic rings. The molecule has 0 radical (unpaired) electrons. The molecule has 0 atom stereocenters. The Bertz CT molecular complexity index is 2630. The second kappa shape index (κ2) is 8.54. The van der Waals surface area contributed by atoms with Gasteiger partial charge < -0.3 is 0 Å². The van der Waals surface area contributed by atoms with Crippen molar-refractivity contribution in [3.63, 3.8) is 0 Å². The molecule has 0 aliphatic heterocycles. The Balaban J connectivity index is 0.000000127. The van der Waals surface area contributed by atoms with E-state index in [0.29, 0.717) is 22.3 Å². The van der Waals surface area contributed by atoms with E-state index in [1.54, 1.807) is 12.1 Å². The molecular weight excluding hydrogens is 516 g/mol. The summed E-state index contributed by atoms with van der Waals surface area (Å²) in [5, 5.41) is 9.45. The molecule has 0 unspecified atom stereocenters. The summed E-state index contributed by atoms with van der Waals surface area (Å²) in [5.41, 5.74) is 3.71. The third kappa shape index (κ3) is 3.19. The van der Waals surface area contributed by atoms with E-state index < -0.39 is 24.3 Å². The van der Waals surface area contributed by atoms with Gasteiger partial charge in [-0.05, 0) is 72.2 Å². The minimum atomic E-state index is -1.99. The predicted molar refractivity (Wildman–Crippen MR) is 173 cm³/mol. The molecule has 10 rings (SSSR count). The lowest BCUT2D eigenvalue weighted by atomic mass is 9.91. The maximum Gasteiger partial charge on any atom is 0.169 e. The molecule has 3 aliphatic rings. The van der Waals surface area contributed by atoms with Crippen LogP contribution in [0.4, 0.5) is 0 Å². The molecule has 0 heterocycles. The Kier molecular flexibility index (Phi) is 3.99. The monoisotopic (exact) mass is 543 g/mol. The first kappa shape index (κ1) is 19.6. The summed E-state index contributed by atoms with van der Waals surface area (Å²) >= 11 is 0. The summed E-state index contributed by atoms with van der Waals surface area (Å²) < 4.78 is 33.5. The highest BCUT2D eigenvalue weighted by atomic mass is 16.2. The van der Waals surface area contributed by atoms with Gasteiger partial charge in [0, 0.05) is 46.4 Å². The zero-order valence-electron chi connectivity index (χ0n) is 26.3. The van der Waals surface area contributed by atoms with Crippen molar-refractivity contribution in [1.29, 1.82) is 0 Å². The molecule has 0 saturated heterocycles. The number of benzene rings is 7. The average molecular weight is 544 g/mol. The van der Waals surface area contributed by atoms with Crippen LogP contribution < -0.4 is 0 Å². The van der Waals surface area contributed by atoms with E-state index in [-0.39, 0.29) is 0 Å². The number of Topliss-reactive ketones (excluding diaryl/α,β-unsaturated/α-hetero) is 2. The Morgan fingerprint density at radius 2 is 1.31 bits per heavy atom. The van der Waals surface area contributed by atoms with Gasteiger partial charge in [0.15, 0.2) is 11.6 Å². The van der Waals surface area contributed by atoms with Crippen LogP contribution in [0.3, 0.4) is 0 Å². The smallest absolute Gasteiger partial charge is 0.169 e. The highest BCUT2D eigenvalue weighted by Gasteiger charge is 2.30. The van der Waals surface area contributed by atoms with Gasteiger partial charge in [0.05, 0.1) is 17.2 Å². The summed E-state index contributed by atoms with van der Waals surface area (Å²) in [5.74, 6) is -0.877. The minimum absolute atomic E-state index is 0.432. The molecule has 0 spiro atoms. The molecule has 3 aliphatic carbocycles. The Morgan fingerprint density at radius 1 is 0.571 bits per heavy atom. The zero-order valence-corrected chi connectivity index (χ0v) is 22.3. The number of ketones is 2. The van der Waals surface area contributed by atoms with Gasteiger partial charge in [-0.1, -0.05) is 78.9 Å².